The van der Waals surface area contributed by atoms with Crippen LogP contribution in [0, 0.1) is 11.8 Å². The molecule has 1 fully saturated rings. The van der Waals surface area contributed by atoms with Crippen LogP contribution in [0.25, 0.3) is 10.9 Å². The summed E-state index contributed by atoms with van der Waals surface area (Å²) in [4.78, 5) is 82.5. The molecule has 1 unspecified atom stereocenters. The van der Waals surface area contributed by atoms with Crippen molar-refractivity contribution in [1.82, 2.24) is 20.5 Å². The summed E-state index contributed by atoms with van der Waals surface area (Å²) in [7, 11) is 0. The van der Waals surface area contributed by atoms with Crippen LogP contribution in [0.3, 0.4) is 0 Å². The van der Waals surface area contributed by atoms with E-state index in [9.17, 15) is 33.9 Å². The van der Waals surface area contributed by atoms with E-state index in [1.807, 2.05) is 37.4 Å². The molecule has 0 spiro atoms. The Hall–Kier alpha value is -5.00. The quantitative estimate of drug-likeness (QED) is 0.170. The topological polar surface area (TPSA) is 192 Å². The number of hydrogen-bond donors (Lipinski definition) is 5. The number of rotatable bonds is 15. The van der Waals surface area contributed by atoms with E-state index in [2.05, 4.69) is 15.6 Å². The molecule has 1 aliphatic heterocycles. The molecule has 2 aromatic carbocycles. The number of nitrogens with one attached hydrogen (secondary N) is 3. The SMILES string of the molecule is CCCC[C@H]1C(=O)C(C)[C@@H](Cc2c[nH]c3ccccc23)C(=O)N1CC(=O)N[C@@H](CC(=O)O)C(=O)N[C@@H](Cc1ccccc1)C(N)=O. The van der Waals surface area contributed by atoms with Crippen molar-refractivity contribution in [1.29, 1.82) is 0 Å². The third kappa shape index (κ3) is 8.17. The minimum atomic E-state index is -1.56. The van der Waals surface area contributed by atoms with Gasteiger partial charge in [-0.15, -0.1) is 0 Å². The molecule has 0 saturated carbocycles. The number of carbonyl (C=O) groups excluding carboxylic acids is 5. The lowest BCUT2D eigenvalue weighted by Crippen LogP contribution is -2.60. The Labute approximate surface area is 267 Å². The number of aliphatic carboxylic acids is 1. The van der Waals surface area contributed by atoms with Gasteiger partial charge < -0.3 is 31.4 Å². The summed E-state index contributed by atoms with van der Waals surface area (Å²) >= 11 is 0. The van der Waals surface area contributed by atoms with Crippen molar-refractivity contribution in [2.24, 2.45) is 17.6 Å². The van der Waals surface area contributed by atoms with E-state index in [-0.39, 0.29) is 24.5 Å². The molecule has 3 aromatic rings. The molecule has 5 atom stereocenters. The number of aromatic nitrogens is 1. The number of primary amides is 1. The number of fused-ring (bicyclic) bond motifs is 1. The molecule has 1 aromatic heterocycles. The minimum absolute atomic E-state index is 0.0646. The van der Waals surface area contributed by atoms with Crippen molar-refractivity contribution >= 4 is 46.3 Å². The number of aromatic amines is 1. The summed E-state index contributed by atoms with van der Waals surface area (Å²) < 4.78 is 0. The first-order valence-corrected chi connectivity index (χ1v) is 15.5. The molecule has 4 rings (SSSR count). The smallest absolute Gasteiger partial charge is 0.305 e. The maximum atomic E-state index is 14.0. The number of H-pyrrole nitrogens is 1. The number of benzene rings is 2. The molecular formula is C34H41N5O7. The number of likely N-dealkylation sites (tertiary alicyclic amines) is 1. The van der Waals surface area contributed by atoms with Gasteiger partial charge in [-0.05, 0) is 30.0 Å². The summed E-state index contributed by atoms with van der Waals surface area (Å²) in [5, 5.41) is 15.3. The number of carbonyl (C=O) groups is 6. The molecule has 2 heterocycles. The van der Waals surface area contributed by atoms with Crippen LogP contribution >= 0.6 is 0 Å². The monoisotopic (exact) mass is 631 g/mol. The Bertz CT molecular complexity index is 1590. The lowest BCUT2D eigenvalue weighted by Gasteiger charge is -2.41. The second-order valence-corrected chi connectivity index (χ2v) is 11.9. The van der Waals surface area contributed by atoms with Gasteiger partial charge in [0.05, 0.1) is 18.4 Å². The molecule has 12 nitrogen and oxygen atoms in total. The van der Waals surface area contributed by atoms with Gasteiger partial charge in [0, 0.05) is 29.4 Å². The Kier molecular flexibility index (Phi) is 11.3. The molecule has 0 radical (unpaired) electrons. The van der Waals surface area contributed by atoms with Crippen molar-refractivity contribution in [3.05, 3.63) is 71.9 Å². The maximum absolute atomic E-state index is 14.0. The number of nitrogens with zero attached hydrogens (tertiary/aromatic N) is 1. The van der Waals surface area contributed by atoms with Gasteiger partial charge in [-0.1, -0.05) is 75.2 Å². The second kappa shape index (κ2) is 15.3. The normalized spacial score (nSPS) is 19.4. The zero-order valence-corrected chi connectivity index (χ0v) is 26.0. The van der Waals surface area contributed by atoms with Crippen LogP contribution in [0.2, 0.25) is 0 Å². The molecule has 1 aliphatic rings. The van der Waals surface area contributed by atoms with Gasteiger partial charge in [0.15, 0.2) is 5.78 Å². The van der Waals surface area contributed by atoms with Crippen molar-refractivity contribution in [3.63, 3.8) is 0 Å². The standard InChI is InChI=1S/C34H41N5O7/c1-3-4-14-28-31(43)20(2)24(16-22-18-36-25-13-9-8-12-23(22)25)34(46)39(28)19-29(40)37-27(17-30(41)42)33(45)38-26(32(35)44)15-21-10-6-5-7-11-21/h5-13,18,20,24,26-28,36H,3-4,14-17,19H2,1-2H3,(H2,35,44)(H,37,40)(H,38,45)(H,41,42)/t20?,24-,26+,27+,28+/m1/s1. The van der Waals surface area contributed by atoms with Gasteiger partial charge in [0.1, 0.15) is 18.6 Å². The molecule has 244 valence electrons. The maximum Gasteiger partial charge on any atom is 0.305 e. The van der Waals surface area contributed by atoms with Crippen molar-refractivity contribution in [2.75, 3.05) is 6.54 Å². The highest BCUT2D eigenvalue weighted by Crippen LogP contribution is 2.33. The summed E-state index contributed by atoms with van der Waals surface area (Å²) in [6.07, 6.45) is 3.20. The Morgan fingerprint density at radius 2 is 1.70 bits per heavy atom. The van der Waals surface area contributed by atoms with E-state index in [1.54, 1.807) is 37.3 Å². The van der Waals surface area contributed by atoms with Crippen molar-refractivity contribution in [2.45, 2.75) is 70.5 Å². The summed E-state index contributed by atoms with van der Waals surface area (Å²) in [6.45, 7) is 3.17. The van der Waals surface area contributed by atoms with E-state index < -0.39 is 66.6 Å². The first-order valence-electron chi connectivity index (χ1n) is 15.5. The van der Waals surface area contributed by atoms with Crippen molar-refractivity contribution < 1.29 is 33.9 Å². The largest absolute Gasteiger partial charge is 0.481 e. The number of hydrogen-bond acceptors (Lipinski definition) is 6. The van der Waals surface area contributed by atoms with E-state index >= 15 is 0 Å². The van der Waals surface area contributed by atoms with Crippen LogP contribution in [0.5, 0.6) is 0 Å². The van der Waals surface area contributed by atoms with Crippen LogP contribution < -0.4 is 16.4 Å². The minimum Gasteiger partial charge on any atom is -0.481 e. The fourth-order valence-corrected chi connectivity index (χ4v) is 6.04. The van der Waals surface area contributed by atoms with Gasteiger partial charge in [-0.2, -0.15) is 0 Å². The van der Waals surface area contributed by atoms with Crippen LogP contribution in [-0.2, 0) is 41.6 Å². The molecule has 1 saturated heterocycles. The van der Waals surface area contributed by atoms with Gasteiger partial charge in [-0.3, -0.25) is 28.8 Å². The number of carboxylic acids is 1. The Morgan fingerprint density at radius 3 is 2.37 bits per heavy atom. The number of ketones is 1. The van der Waals surface area contributed by atoms with Gasteiger partial charge in [-0.25, -0.2) is 0 Å². The van der Waals surface area contributed by atoms with Crippen molar-refractivity contribution in [3.8, 4) is 0 Å². The first-order chi connectivity index (χ1) is 22.0. The Balaban J connectivity index is 1.52. The number of Topliss-reactive ketones (excluding diaryl/α,β-unsaturated/α-hetero) is 1. The highest BCUT2D eigenvalue weighted by atomic mass is 16.4. The van der Waals surface area contributed by atoms with E-state index in [4.69, 9.17) is 5.73 Å². The summed E-state index contributed by atoms with van der Waals surface area (Å²) in [5.41, 5.74) is 8.01. The van der Waals surface area contributed by atoms with Gasteiger partial charge in [0.25, 0.3) is 0 Å². The number of nitrogens with two attached hydrogens (primary N) is 1. The molecule has 4 amide bonds. The number of carboxylic acid groups (broad SMARTS) is 1. The van der Waals surface area contributed by atoms with E-state index in [0.29, 0.717) is 18.4 Å². The molecule has 0 aliphatic carbocycles. The molecule has 0 bridgehead atoms. The second-order valence-electron chi connectivity index (χ2n) is 11.9. The third-order valence-corrected chi connectivity index (χ3v) is 8.59. The van der Waals surface area contributed by atoms with E-state index in [1.165, 1.54) is 4.90 Å². The number of amides is 4. The number of piperidine rings is 1. The van der Waals surface area contributed by atoms with Crippen LogP contribution in [-0.4, -0.2) is 75.0 Å². The predicted molar refractivity (Wildman–Crippen MR) is 170 cm³/mol. The molecule has 46 heavy (non-hydrogen) atoms. The van der Waals surface area contributed by atoms with Gasteiger partial charge in [0.2, 0.25) is 23.6 Å². The number of para-hydroxylation sites is 1. The fourth-order valence-electron chi connectivity index (χ4n) is 6.04. The zero-order valence-electron chi connectivity index (χ0n) is 26.0. The van der Waals surface area contributed by atoms with Crippen LogP contribution in [0.4, 0.5) is 0 Å². The lowest BCUT2D eigenvalue weighted by molar-refractivity contribution is -0.156. The average Bonchev–Trinajstić information content (AvgIpc) is 3.44. The molecule has 12 heteroatoms. The highest BCUT2D eigenvalue weighted by molar-refractivity contribution is 6.01. The highest BCUT2D eigenvalue weighted by Gasteiger charge is 2.46. The molecular weight excluding hydrogens is 590 g/mol. The van der Waals surface area contributed by atoms with Crippen LogP contribution in [0.15, 0.2) is 60.8 Å². The van der Waals surface area contributed by atoms with Crippen LogP contribution in [0.1, 0.15) is 50.7 Å². The zero-order chi connectivity index (χ0) is 33.4. The Morgan fingerprint density at radius 1 is 1.00 bits per heavy atom. The predicted octanol–water partition coefficient (Wildman–Crippen LogP) is 2.11. The molecule has 6 N–H and O–H groups in total. The third-order valence-electron chi connectivity index (χ3n) is 8.59. The lowest BCUT2D eigenvalue weighted by atomic mass is 9.77. The van der Waals surface area contributed by atoms with E-state index in [0.717, 1.165) is 22.9 Å². The van der Waals surface area contributed by atoms with Gasteiger partial charge >= 0.3 is 5.97 Å². The fraction of sp³-hybridized carbons (Fsp3) is 0.412. The average molecular weight is 632 g/mol. The number of unbranched alkanes of at least 4 members (excludes halogenated alkanes) is 1. The summed E-state index contributed by atoms with van der Waals surface area (Å²) in [6, 6.07) is 12.9. The first kappa shape index (κ1) is 33.9. The summed E-state index contributed by atoms with van der Waals surface area (Å²) in [5.74, 6) is -5.71.